The van der Waals surface area contributed by atoms with Crippen molar-refractivity contribution in [1.29, 1.82) is 0 Å². The molecule has 1 aromatic heterocycles. The molecule has 0 saturated heterocycles. The second-order valence-electron chi connectivity index (χ2n) is 5.49. The number of pyridine rings is 1. The number of nitrogens with two attached hydrogens (primary N) is 1. The molecule has 1 aliphatic rings. The van der Waals surface area contributed by atoms with Gasteiger partial charge in [-0.15, -0.1) is 0 Å². The molecular formula is C15H24N4O. The average Bonchev–Trinajstić information content (AvgIpc) is 3.29. The average molecular weight is 276 g/mol. The van der Waals surface area contributed by atoms with Gasteiger partial charge in [-0.1, -0.05) is 26.7 Å². The molecule has 20 heavy (non-hydrogen) atoms. The number of carbonyl (C=O) groups is 1. The largest absolute Gasteiger partial charge is 0.349 e. The molecule has 0 radical (unpaired) electrons. The lowest BCUT2D eigenvalue weighted by Crippen LogP contribution is -2.35. The number of nitrogens with one attached hydrogen (secondary N) is 2. The van der Waals surface area contributed by atoms with Gasteiger partial charge in [0.15, 0.2) is 0 Å². The van der Waals surface area contributed by atoms with E-state index in [0.717, 1.165) is 30.9 Å². The van der Waals surface area contributed by atoms with Crippen molar-refractivity contribution in [2.45, 2.75) is 52.0 Å². The zero-order valence-electron chi connectivity index (χ0n) is 12.3. The lowest BCUT2D eigenvalue weighted by molar-refractivity contribution is 0.0932. The molecule has 0 aliphatic heterocycles. The van der Waals surface area contributed by atoms with E-state index in [1.54, 1.807) is 6.07 Å². The van der Waals surface area contributed by atoms with Gasteiger partial charge in [0, 0.05) is 17.3 Å². The first-order valence-electron chi connectivity index (χ1n) is 7.44. The molecule has 5 heteroatoms. The molecule has 2 rings (SSSR count). The Balaban J connectivity index is 2.06. The van der Waals surface area contributed by atoms with E-state index in [2.05, 4.69) is 22.7 Å². The van der Waals surface area contributed by atoms with Gasteiger partial charge in [-0.2, -0.15) is 0 Å². The van der Waals surface area contributed by atoms with Crippen LogP contribution in [0.4, 0.5) is 5.82 Å². The summed E-state index contributed by atoms with van der Waals surface area (Å²) in [5.41, 5.74) is 4.00. The van der Waals surface area contributed by atoms with Crippen molar-refractivity contribution in [3.63, 3.8) is 0 Å². The van der Waals surface area contributed by atoms with E-state index in [1.807, 2.05) is 13.0 Å². The third kappa shape index (κ3) is 3.93. The molecule has 110 valence electrons. The zero-order valence-corrected chi connectivity index (χ0v) is 12.3. The van der Waals surface area contributed by atoms with Gasteiger partial charge in [0.25, 0.3) is 5.91 Å². The van der Waals surface area contributed by atoms with Crippen molar-refractivity contribution in [1.82, 2.24) is 10.3 Å². The van der Waals surface area contributed by atoms with Crippen LogP contribution >= 0.6 is 0 Å². The Morgan fingerprint density at radius 2 is 2.20 bits per heavy atom. The molecule has 1 aliphatic carbocycles. The van der Waals surface area contributed by atoms with Gasteiger partial charge in [-0.05, 0) is 37.3 Å². The normalized spacial score (nSPS) is 15.8. The van der Waals surface area contributed by atoms with Gasteiger partial charge in [0.2, 0.25) is 0 Å². The van der Waals surface area contributed by atoms with Crippen LogP contribution in [-0.2, 0) is 6.42 Å². The Morgan fingerprint density at radius 3 is 2.75 bits per heavy atom. The van der Waals surface area contributed by atoms with Gasteiger partial charge >= 0.3 is 0 Å². The van der Waals surface area contributed by atoms with Crippen molar-refractivity contribution in [2.24, 2.45) is 11.8 Å². The molecule has 0 spiro atoms. The minimum absolute atomic E-state index is 0.0360. The standard InChI is InChI=1S/C15H24N4O/c1-3-12(7-10-5-6-10)18-15(20)11-8-13(4-2)17-14(9-11)19-16/h8-10,12H,3-7,16H2,1-2H3,(H,17,19)(H,18,20). The fourth-order valence-electron chi connectivity index (χ4n) is 2.33. The van der Waals surface area contributed by atoms with E-state index >= 15 is 0 Å². The maximum absolute atomic E-state index is 12.3. The Kier molecular flexibility index (Phi) is 4.95. The van der Waals surface area contributed by atoms with E-state index in [4.69, 9.17) is 5.84 Å². The second-order valence-corrected chi connectivity index (χ2v) is 5.49. The predicted octanol–water partition coefficient (Wildman–Crippen LogP) is 2.24. The van der Waals surface area contributed by atoms with Gasteiger partial charge in [-0.25, -0.2) is 10.8 Å². The monoisotopic (exact) mass is 276 g/mol. The van der Waals surface area contributed by atoms with Crippen LogP contribution in [0.15, 0.2) is 12.1 Å². The van der Waals surface area contributed by atoms with Crippen molar-refractivity contribution in [3.8, 4) is 0 Å². The molecule has 1 atom stereocenters. The molecule has 5 nitrogen and oxygen atoms in total. The van der Waals surface area contributed by atoms with Gasteiger partial charge < -0.3 is 10.7 Å². The molecule has 1 amide bonds. The fourth-order valence-corrected chi connectivity index (χ4v) is 2.33. The highest BCUT2D eigenvalue weighted by molar-refractivity contribution is 5.95. The highest BCUT2D eigenvalue weighted by atomic mass is 16.1. The minimum Gasteiger partial charge on any atom is -0.349 e. The topological polar surface area (TPSA) is 80.0 Å². The predicted molar refractivity (Wildman–Crippen MR) is 80.3 cm³/mol. The Bertz CT molecular complexity index is 449. The van der Waals surface area contributed by atoms with E-state index in [-0.39, 0.29) is 11.9 Å². The molecule has 1 unspecified atom stereocenters. The Labute approximate surface area is 120 Å². The maximum Gasteiger partial charge on any atom is 0.251 e. The van der Waals surface area contributed by atoms with Crippen molar-refractivity contribution < 1.29 is 4.79 Å². The van der Waals surface area contributed by atoms with Crippen LogP contribution in [0, 0.1) is 5.92 Å². The number of hydrogen-bond acceptors (Lipinski definition) is 4. The summed E-state index contributed by atoms with van der Waals surface area (Å²) < 4.78 is 0. The van der Waals surface area contributed by atoms with Crippen LogP contribution in [0.3, 0.4) is 0 Å². The van der Waals surface area contributed by atoms with E-state index in [9.17, 15) is 4.79 Å². The Hall–Kier alpha value is -1.62. The first-order chi connectivity index (χ1) is 9.66. The molecule has 1 aromatic rings. The number of anilines is 1. The number of hydrazine groups is 1. The van der Waals surface area contributed by atoms with Crippen LogP contribution in [0.5, 0.6) is 0 Å². The van der Waals surface area contributed by atoms with Crippen LogP contribution in [0.1, 0.15) is 55.6 Å². The lowest BCUT2D eigenvalue weighted by atomic mass is 10.1. The SMILES string of the molecule is CCc1cc(C(=O)NC(CC)CC2CC2)cc(NN)n1. The van der Waals surface area contributed by atoms with Gasteiger partial charge in [0.1, 0.15) is 5.82 Å². The summed E-state index contributed by atoms with van der Waals surface area (Å²) in [6, 6.07) is 3.79. The number of nitrogens with zero attached hydrogens (tertiary/aromatic N) is 1. The van der Waals surface area contributed by atoms with Gasteiger partial charge in [-0.3, -0.25) is 4.79 Å². The number of aryl methyl sites for hydroxylation is 1. The lowest BCUT2D eigenvalue weighted by Gasteiger charge is -2.17. The number of hydrogen-bond donors (Lipinski definition) is 3. The van der Waals surface area contributed by atoms with Crippen LogP contribution < -0.4 is 16.6 Å². The van der Waals surface area contributed by atoms with Crippen LogP contribution in [0.2, 0.25) is 0 Å². The zero-order chi connectivity index (χ0) is 14.5. The summed E-state index contributed by atoms with van der Waals surface area (Å²) in [6.07, 6.45) is 5.45. The highest BCUT2D eigenvalue weighted by Crippen LogP contribution is 2.34. The van der Waals surface area contributed by atoms with E-state index in [1.165, 1.54) is 12.8 Å². The summed E-state index contributed by atoms with van der Waals surface area (Å²) in [5.74, 6) is 6.71. The quantitative estimate of drug-likeness (QED) is 0.527. The smallest absolute Gasteiger partial charge is 0.251 e. The third-order valence-corrected chi connectivity index (χ3v) is 3.79. The second kappa shape index (κ2) is 6.70. The highest BCUT2D eigenvalue weighted by Gasteiger charge is 2.25. The number of carbonyl (C=O) groups excluding carboxylic acids is 1. The molecule has 0 bridgehead atoms. The van der Waals surface area contributed by atoms with Crippen LogP contribution in [-0.4, -0.2) is 16.9 Å². The number of rotatable bonds is 7. The molecule has 1 heterocycles. The summed E-state index contributed by atoms with van der Waals surface area (Å²) in [7, 11) is 0. The number of aromatic nitrogens is 1. The van der Waals surface area contributed by atoms with Crippen molar-refractivity contribution in [2.75, 3.05) is 5.43 Å². The Morgan fingerprint density at radius 1 is 1.45 bits per heavy atom. The molecule has 1 saturated carbocycles. The van der Waals surface area contributed by atoms with Gasteiger partial charge in [0.05, 0.1) is 0 Å². The minimum atomic E-state index is -0.0360. The maximum atomic E-state index is 12.3. The number of nitrogen functional groups attached to an aromatic ring is 1. The molecule has 1 fully saturated rings. The van der Waals surface area contributed by atoms with Crippen molar-refractivity contribution in [3.05, 3.63) is 23.4 Å². The van der Waals surface area contributed by atoms with Crippen LogP contribution in [0.25, 0.3) is 0 Å². The fraction of sp³-hybridized carbons (Fsp3) is 0.600. The molecule has 0 aromatic carbocycles. The summed E-state index contributed by atoms with van der Waals surface area (Å²) in [6.45, 7) is 4.12. The summed E-state index contributed by atoms with van der Waals surface area (Å²) >= 11 is 0. The third-order valence-electron chi connectivity index (χ3n) is 3.79. The molecule has 4 N–H and O–H groups in total. The molecular weight excluding hydrogens is 252 g/mol. The number of amides is 1. The summed E-state index contributed by atoms with van der Waals surface area (Å²) in [5, 5.41) is 3.12. The van der Waals surface area contributed by atoms with E-state index < -0.39 is 0 Å². The summed E-state index contributed by atoms with van der Waals surface area (Å²) in [4.78, 5) is 16.6. The first-order valence-corrected chi connectivity index (χ1v) is 7.44. The van der Waals surface area contributed by atoms with E-state index in [0.29, 0.717) is 11.4 Å². The first kappa shape index (κ1) is 14.8. The van der Waals surface area contributed by atoms with Crippen molar-refractivity contribution >= 4 is 11.7 Å².